The first-order valence-corrected chi connectivity index (χ1v) is 17.2. The van der Waals surface area contributed by atoms with Crippen LogP contribution in [0.15, 0.2) is 136 Å². The van der Waals surface area contributed by atoms with Gasteiger partial charge in [-0.3, -0.25) is 0 Å². The average Bonchev–Trinajstić information content (AvgIpc) is 3.16. The number of hydrogen-bond donors (Lipinski definition) is 0. The molecule has 0 aromatic heterocycles. The summed E-state index contributed by atoms with van der Waals surface area (Å²) < 4.78 is 15.0. The van der Waals surface area contributed by atoms with Crippen LogP contribution in [0.4, 0.5) is 11.4 Å². The summed E-state index contributed by atoms with van der Waals surface area (Å²) in [6, 6.07) is 27.9. The Kier molecular flexibility index (Phi) is 14.7. The van der Waals surface area contributed by atoms with Crippen LogP contribution in [0.25, 0.3) is 0 Å². The van der Waals surface area contributed by atoms with Gasteiger partial charge in [-0.2, -0.15) is 5.11 Å². The van der Waals surface area contributed by atoms with E-state index in [2.05, 4.69) is 47.1 Å². The Morgan fingerprint density at radius 3 is 1.54 bits per heavy atom. The molecule has 0 N–H and O–H groups in total. The summed E-state index contributed by atoms with van der Waals surface area (Å²) >= 11 is 3.15. The minimum Gasteiger partial charge on any atom is -0.465 e. The highest BCUT2D eigenvalue weighted by molar-refractivity contribution is 7.99. The fourth-order valence-corrected chi connectivity index (χ4v) is 5.44. The third-order valence-electron chi connectivity index (χ3n) is 6.48. The van der Waals surface area contributed by atoms with Crippen LogP contribution in [-0.4, -0.2) is 49.7 Å². The van der Waals surface area contributed by atoms with E-state index in [1.54, 1.807) is 53.9 Å². The molecule has 4 rings (SSSR count). The van der Waals surface area contributed by atoms with E-state index < -0.39 is 17.9 Å². The van der Waals surface area contributed by atoms with Crippen molar-refractivity contribution < 1.29 is 28.6 Å². The van der Waals surface area contributed by atoms with Gasteiger partial charge in [-0.05, 0) is 91.0 Å². The average molecular weight is 701 g/mol. The highest BCUT2D eigenvalue weighted by Gasteiger charge is 2.12. The molecule has 0 saturated heterocycles. The predicted molar refractivity (Wildman–Crippen MR) is 197 cm³/mol. The van der Waals surface area contributed by atoms with Gasteiger partial charge in [-0.25, -0.2) is 14.4 Å². The fourth-order valence-electron chi connectivity index (χ4n) is 3.98. The number of rotatable bonds is 13. The summed E-state index contributed by atoms with van der Waals surface area (Å²) in [5.41, 5.74) is 4.29. The molecule has 10 heteroatoms. The lowest BCUT2D eigenvalue weighted by molar-refractivity contribution is -0.138. The smallest absolute Gasteiger partial charge is 0.340 e. The van der Waals surface area contributed by atoms with E-state index in [0.29, 0.717) is 41.7 Å². The zero-order valence-corrected chi connectivity index (χ0v) is 28.9. The van der Waals surface area contributed by atoms with Crippen molar-refractivity contribution >= 4 is 52.8 Å². The van der Waals surface area contributed by atoms with E-state index >= 15 is 0 Å². The molecular formula is C40H32N2O6S2. The molecule has 0 atom stereocenters. The molecule has 0 saturated carbocycles. The Bertz CT molecular complexity index is 1980. The van der Waals surface area contributed by atoms with Crippen LogP contribution in [-0.2, 0) is 23.8 Å². The van der Waals surface area contributed by atoms with Crippen molar-refractivity contribution in [1.82, 2.24) is 0 Å². The monoisotopic (exact) mass is 700 g/mol. The Morgan fingerprint density at radius 1 is 0.640 bits per heavy atom. The standard InChI is InChI=1S/C40H32N2O6S2/c1-4-38(43)47-24-26-49-34-19-12-30(13-20-34)7-6-29-10-17-33(18-11-29)41-42-37-23-16-32(28-36(37)40(45)46-3)9-8-31-14-21-35(22-15-31)50-27-25-48-39(44)5-2/h4-5,10-23,28H,1-2,24-27H2,3H3. The van der Waals surface area contributed by atoms with Crippen molar-refractivity contribution in [3.8, 4) is 23.7 Å². The third-order valence-corrected chi connectivity index (χ3v) is 8.43. The largest absolute Gasteiger partial charge is 0.465 e. The molecule has 0 aliphatic heterocycles. The van der Waals surface area contributed by atoms with Gasteiger partial charge in [0.15, 0.2) is 0 Å². The first-order valence-electron chi connectivity index (χ1n) is 15.2. The maximum absolute atomic E-state index is 12.6. The van der Waals surface area contributed by atoms with E-state index in [9.17, 15) is 14.4 Å². The summed E-state index contributed by atoms with van der Waals surface area (Å²) in [5, 5.41) is 8.61. The summed E-state index contributed by atoms with van der Waals surface area (Å²) in [6.45, 7) is 7.37. The molecule has 0 amide bonds. The number of thioether (sulfide) groups is 2. The molecule has 0 fully saturated rings. The number of benzene rings is 4. The first-order chi connectivity index (χ1) is 24.4. The van der Waals surface area contributed by atoms with Gasteiger partial charge >= 0.3 is 17.9 Å². The Morgan fingerprint density at radius 2 is 1.08 bits per heavy atom. The van der Waals surface area contributed by atoms with Crippen LogP contribution < -0.4 is 0 Å². The van der Waals surface area contributed by atoms with Crippen LogP contribution in [0.2, 0.25) is 0 Å². The molecule has 0 heterocycles. The summed E-state index contributed by atoms with van der Waals surface area (Å²) in [6.07, 6.45) is 2.29. The Labute approximate surface area is 300 Å². The normalized spacial score (nSPS) is 10.2. The van der Waals surface area contributed by atoms with Gasteiger partial charge < -0.3 is 14.2 Å². The second-order valence-electron chi connectivity index (χ2n) is 9.96. The fraction of sp³-hybridized carbons (Fsp3) is 0.125. The van der Waals surface area contributed by atoms with Crippen LogP contribution in [0, 0.1) is 23.7 Å². The van der Waals surface area contributed by atoms with Gasteiger partial charge in [-0.1, -0.05) is 36.8 Å². The van der Waals surface area contributed by atoms with Crippen LogP contribution >= 0.6 is 23.5 Å². The van der Waals surface area contributed by atoms with E-state index in [-0.39, 0.29) is 5.56 Å². The zero-order valence-electron chi connectivity index (χ0n) is 27.2. The van der Waals surface area contributed by atoms with E-state index in [1.807, 2.05) is 60.7 Å². The summed E-state index contributed by atoms with van der Waals surface area (Å²) in [5.74, 6) is 12.4. The number of esters is 3. The minimum absolute atomic E-state index is 0.245. The maximum atomic E-state index is 12.6. The molecule has 0 aliphatic carbocycles. The highest BCUT2D eigenvalue weighted by atomic mass is 32.2. The highest BCUT2D eigenvalue weighted by Crippen LogP contribution is 2.25. The number of carbonyl (C=O) groups is 3. The van der Waals surface area contributed by atoms with Gasteiger partial charge in [-0.15, -0.1) is 28.6 Å². The van der Waals surface area contributed by atoms with Crippen molar-refractivity contribution in [1.29, 1.82) is 0 Å². The first kappa shape index (κ1) is 37.0. The van der Waals surface area contributed by atoms with Crippen molar-refractivity contribution in [2.45, 2.75) is 9.79 Å². The molecule has 8 nitrogen and oxygen atoms in total. The van der Waals surface area contributed by atoms with Gasteiger partial charge in [0.2, 0.25) is 0 Å². The number of azo groups is 1. The van der Waals surface area contributed by atoms with Gasteiger partial charge in [0.05, 0.1) is 18.4 Å². The molecule has 4 aromatic rings. The number of hydrogen-bond acceptors (Lipinski definition) is 10. The zero-order chi connectivity index (χ0) is 35.6. The third kappa shape index (κ3) is 12.3. The van der Waals surface area contributed by atoms with Crippen molar-refractivity contribution in [3.63, 3.8) is 0 Å². The van der Waals surface area contributed by atoms with E-state index in [4.69, 9.17) is 14.2 Å². The SMILES string of the molecule is C=CC(=O)OCCSc1ccc(C#Cc2ccc(N=Nc3ccc(C#Cc4ccc(SCCOC(=O)C=C)cc4)cc3C(=O)OC)cc2)cc1. The van der Waals surface area contributed by atoms with Gasteiger partial charge in [0.1, 0.15) is 18.9 Å². The molecule has 0 spiro atoms. The second kappa shape index (κ2) is 19.9. The lowest BCUT2D eigenvalue weighted by Crippen LogP contribution is -2.03. The molecule has 0 unspecified atom stereocenters. The minimum atomic E-state index is -0.547. The number of carbonyl (C=O) groups excluding carboxylic acids is 3. The van der Waals surface area contributed by atoms with Gasteiger partial charge in [0, 0.05) is 55.7 Å². The lowest BCUT2D eigenvalue weighted by atomic mass is 10.1. The molecule has 250 valence electrons. The molecule has 0 aliphatic rings. The molecular weight excluding hydrogens is 669 g/mol. The van der Waals surface area contributed by atoms with Crippen molar-refractivity contribution in [3.05, 3.63) is 144 Å². The Hall–Kier alpha value is -5.81. The lowest BCUT2D eigenvalue weighted by Gasteiger charge is -2.04. The van der Waals surface area contributed by atoms with Crippen LogP contribution in [0.1, 0.15) is 32.6 Å². The second-order valence-corrected chi connectivity index (χ2v) is 12.3. The molecule has 0 bridgehead atoms. The van der Waals surface area contributed by atoms with Crippen molar-refractivity contribution in [2.75, 3.05) is 31.8 Å². The quantitative estimate of drug-likeness (QED) is 0.0261. The predicted octanol–water partition coefficient (Wildman–Crippen LogP) is 8.33. The molecule has 4 aromatic carbocycles. The summed E-state index contributed by atoms with van der Waals surface area (Å²) in [4.78, 5) is 36.9. The van der Waals surface area contributed by atoms with E-state index in [0.717, 1.165) is 38.6 Å². The van der Waals surface area contributed by atoms with Crippen molar-refractivity contribution in [2.24, 2.45) is 10.2 Å². The maximum Gasteiger partial charge on any atom is 0.340 e. The topological polar surface area (TPSA) is 104 Å². The number of ether oxygens (including phenoxy) is 3. The van der Waals surface area contributed by atoms with Gasteiger partial charge in [0.25, 0.3) is 0 Å². The molecule has 50 heavy (non-hydrogen) atoms. The van der Waals surface area contributed by atoms with Crippen LogP contribution in [0.3, 0.4) is 0 Å². The number of nitrogens with zero attached hydrogens (tertiary/aromatic N) is 2. The van der Waals surface area contributed by atoms with Crippen LogP contribution in [0.5, 0.6) is 0 Å². The summed E-state index contributed by atoms with van der Waals surface area (Å²) in [7, 11) is 1.31. The Balaban J connectivity index is 1.35. The molecule has 0 radical (unpaired) electrons. The number of methoxy groups -OCH3 is 1. The van der Waals surface area contributed by atoms with E-state index in [1.165, 1.54) is 7.11 Å².